The number of rotatable bonds is 6. The van der Waals surface area contributed by atoms with Crippen molar-refractivity contribution in [2.45, 2.75) is 32.9 Å². The van der Waals surface area contributed by atoms with Gasteiger partial charge < -0.3 is 24.6 Å². The molecule has 0 aromatic heterocycles. The summed E-state index contributed by atoms with van der Waals surface area (Å²) in [6.07, 6.45) is -0.511. The third kappa shape index (κ3) is 7.66. The van der Waals surface area contributed by atoms with Crippen LogP contribution in [0.5, 0.6) is 0 Å². The van der Waals surface area contributed by atoms with E-state index in [9.17, 15) is 14.4 Å². The summed E-state index contributed by atoms with van der Waals surface area (Å²) in [6.45, 7) is 7.78. The summed E-state index contributed by atoms with van der Waals surface area (Å²) in [4.78, 5) is 40.4. The Morgan fingerprint density at radius 1 is 1.00 bits per heavy atom. The molecule has 1 N–H and O–H groups in total. The molecule has 34 heavy (non-hydrogen) atoms. The van der Waals surface area contributed by atoms with E-state index >= 15 is 0 Å². The van der Waals surface area contributed by atoms with Gasteiger partial charge in [-0.3, -0.25) is 4.79 Å². The van der Waals surface area contributed by atoms with E-state index in [1.807, 2.05) is 24.3 Å². The number of benzene rings is 2. The summed E-state index contributed by atoms with van der Waals surface area (Å²) in [5, 5.41) is 3.34. The first-order chi connectivity index (χ1) is 16.1. The van der Waals surface area contributed by atoms with E-state index in [-0.39, 0.29) is 19.1 Å². The molecule has 2 aromatic rings. The highest BCUT2D eigenvalue weighted by atomic mass is 35.5. The second kappa shape index (κ2) is 11.2. The zero-order chi connectivity index (χ0) is 24.7. The third-order valence-electron chi connectivity index (χ3n) is 5.16. The molecule has 1 saturated heterocycles. The second-order valence-corrected chi connectivity index (χ2v) is 9.41. The van der Waals surface area contributed by atoms with Gasteiger partial charge in [-0.1, -0.05) is 29.8 Å². The van der Waals surface area contributed by atoms with E-state index in [0.29, 0.717) is 36.8 Å². The van der Waals surface area contributed by atoms with Crippen molar-refractivity contribution in [3.05, 3.63) is 64.7 Å². The topological polar surface area (TPSA) is 88.2 Å². The summed E-state index contributed by atoms with van der Waals surface area (Å²) in [5.41, 5.74) is 1.59. The lowest BCUT2D eigenvalue weighted by Crippen LogP contribution is -2.49. The molecule has 8 nitrogen and oxygen atoms in total. The fourth-order valence-corrected chi connectivity index (χ4v) is 3.62. The third-order valence-corrected chi connectivity index (χ3v) is 5.39. The Bertz CT molecular complexity index is 1010. The molecule has 9 heteroatoms. The van der Waals surface area contributed by atoms with E-state index in [0.717, 1.165) is 11.3 Å². The highest BCUT2D eigenvalue weighted by molar-refractivity contribution is 6.30. The maximum absolute atomic E-state index is 12.5. The Kier molecular flexibility index (Phi) is 8.39. The second-order valence-electron chi connectivity index (χ2n) is 8.98. The molecule has 1 aliphatic rings. The summed E-state index contributed by atoms with van der Waals surface area (Å²) in [6, 6.07) is 14.2. The van der Waals surface area contributed by atoms with Gasteiger partial charge in [-0.2, -0.15) is 0 Å². The minimum atomic E-state index is -0.572. The fourth-order valence-electron chi connectivity index (χ4n) is 3.44. The molecule has 0 bridgehead atoms. The minimum Gasteiger partial charge on any atom is -0.452 e. The van der Waals surface area contributed by atoms with E-state index in [1.54, 1.807) is 49.9 Å². The number of ether oxygens (including phenoxy) is 2. The van der Waals surface area contributed by atoms with Crippen LogP contribution >= 0.6 is 11.6 Å². The number of esters is 1. The molecule has 182 valence electrons. The van der Waals surface area contributed by atoms with Crippen LogP contribution in [-0.2, 0) is 20.8 Å². The van der Waals surface area contributed by atoms with Gasteiger partial charge in [-0.15, -0.1) is 0 Å². The largest absolute Gasteiger partial charge is 0.452 e. The minimum absolute atomic E-state index is 0.225. The molecule has 0 atom stereocenters. The van der Waals surface area contributed by atoms with Crippen molar-refractivity contribution in [2.75, 3.05) is 37.7 Å². The van der Waals surface area contributed by atoms with Crippen molar-refractivity contribution in [1.29, 1.82) is 0 Å². The molecule has 0 radical (unpaired) electrons. The van der Waals surface area contributed by atoms with Gasteiger partial charge in [-0.25, -0.2) is 9.59 Å². The normalized spacial score (nSPS) is 13.9. The van der Waals surface area contributed by atoms with Crippen molar-refractivity contribution < 1.29 is 23.9 Å². The number of nitrogens with zero attached hydrogens (tertiary/aromatic N) is 2. The van der Waals surface area contributed by atoms with Crippen molar-refractivity contribution in [3.63, 3.8) is 0 Å². The molecule has 0 saturated carbocycles. The molecule has 2 aromatic carbocycles. The van der Waals surface area contributed by atoms with Crippen LogP contribution in [0, 0.1) is 0 Å². The van der Waals surface area contributed by atoms with Crippen LogP contribution in [0.3, 0.4) is 0 Å². The number of piperazine rings is 1. The Morgan fingerprint density at radius 2 is 1.68 bits per heavy atom. The zero-order valence-electron chi connectivity index (χ0n) is 19.7. The Morgan fingerprint density at radius 3 is 2.29 bits per heavy atom. The Labute approximate surface area is 204 Å². The SMILES string of the molecule is CC(C)(C)OC(=O)NCc1ccc(C(=O)OCC(=O)N2CCN(c3cccc(Cl)c3)CC2)cc1. The number of carbonyl (C=O) groups excluding carboxylic acids is 3. The van der Waals surface area contributed by atoms with Crippen LogP contribution in [0.25, 0.3) is 0 Å². The van der Waals surface area contributed by atoms with Gasteiger partial charge in [0.05, 0.1) is 5.56 Å². The molecule has 1 aliphatic heterocycles. The van der Waals surface area contributed by atoms with Crippen molar-refractivity contribution in [1.82, 2.24) is 10.2 Å². The van der Waals surface area contributed by atoms with E-state index in [4.69, 9.17) is 21.1 Å². The van der Waals surface area contributed by atoms with Crippen molar-refractivity contribution >= 4 is 35.3 Å². The van der Waals surface area contributed by atoms with Gasteiger partial charge in [0.25, 0.3) is 5.91 Å². The lowest BCUT2D eigenvalue weighted by atomic mass is 10.1. The number of amides is 2. The highest BCUT2D eigenvalue weighted by Crippen LogP contribution is 2.21. The molecule has 0 aliphatic carbocycles. The van der Waals surface area contributed by atoms with Gasteiger partial charge in [0.15, 0.2) is 6.61 Å². The molecule has 3 rings (SSSR count). The van der Waals surface area contributed by atoms with Gasteiger partial charge >= 0.3 is 12.1 Å². The number of hydrogen-bond acceptors (Lipinski definition) is 6. The molecule has 1 heterocycles. The summed E-state index contributed by atoms with van der Waals surface area (Å²) >= 11 is 6.06. The monoisotopic (exact) mass is 487 g/mol. The van der Waals surface area contributed by atoms with Gasteiger partial charge in [0, 0.05) is 43.4 Å². The summed E-state index contributed by atoms with van der Waals surface area (Å²) in [7, 11) is 0. The van der Waals surface area contributed by atoms with Crippen LogP contribution in [0.4, 0.5) is 10.5 Å². The van der Waals surface area contributed by atoms with Gasteiger partial charge in [-0.05, 0) is 56.7 Å². The zero-order valence-corrected chi connectivity index (χ0v) is 20.4. The van der Waals surface area contributed by atoms with Crippen LogP contribution in [0.1, 0.15) is 36.7 Å². The molecule has 1 fully saturated rings. The molecular formula is C25H30ClN3O5. The quantitative estimate of drug-likeness (QED) is 0.622. The first-order valence-corrected chi connectivity index (χ1v) is 11.5. The lowest BCUT2D eigenvalue weighted by Gasteiger charge is -2.36. The lowest BCUT2D eigenvalue weighted by molar-refractivity contribution is -0.134. The van der Waals surface area contributed by atoms with Gasteiger partial charge in [0.2, 0.25) is 0 Å². The molecule has 0 spiro atoms. The maximum atomic E-state index is 12.5. The van der Waals surface area contributed by atoms with Crippen LogP contribution < -0.4 is 10.2 Å². The first-order valence-electron chi connectivity index (χ1n) is 11.1. The summed E-state index contributed by atoms with van der Waals surface area (Å²) < 4.78 is 10.4. The van der Waals surface area contributed by atoms with Gasteiger partial charge in [0.1, 0.15) is 5.60 Å². The predicted molar refractivity (Wildman–Crippen MR) is 130 cm³/mol. The Hall–Kier alpha value is -3.26. The van der Waals surface area contributed by atoms with E-state index < -0.39 is 17.7 Å². The number of alkyl carbamates (subject to hydrolysis) is 1. The number of hydrogen-bond donors (Lipinski definition) is 1. The maximum Gasteiger partial charge on any atom is 0.407 e. The van der Waals surface area contributed by atoms with Crippen molar-refractivity contribution in [3.8, 4) is 0 Å². The summed E-state index contributed by atoms with van der Waals surface area (Å²) in [5.74, 6) is -0.796. The van der Waals surface area contributed by atoms with Crippen LogP contribution in [0.15, 0.2) is 48.5 Å². The highest BCUT2D eigenvalue weighted by Gasteiger charge is 2.22. The fraction of sp³-hybridized carbons (Fsp3) is 0.400. The first kappa shape index (κ1) is 25.4. The molecule has 0 unspecified atom stereocenters. The van der Waals surface area contributed by atoms with E-state index in [2.05, 4.69) is 10.2 Å². The average Bonchev–Trinajstić information content (AvgIpc) is 2.80. The smallest absolute Gasteiger partial charge is 0.407 e. The number of nitrogens with one attached hydrogen (secondary N) is 1. The molecular weight excluding hydrogens is 458 g/mol. The number of halogens is 1. The van der Waals surface area contributed by atoms with Crippen molar-refractivity contribution in [2.24, 2.45) is 0 Å². The number of carbonyl (C=O) groups is 3. The Balaban J connectivity index is 1.41. The standard InChI is InChI=1S/C25H30ClN3O5/c1-25(2,3)34-24(32)27-16-18-7-9-19(10-8-18)23(31)33-17-22(30)29-13-11-28(12-14-29)21-6-4-5-20(26)15-21/h4-10,15H,11-14,16-17H2,1-3H3,(H,27,32). The molecule has 2 amide bonds. The average molecular weight is 488 g/mol. The number of anilines is 1. The van der Waals surface area contributed by atoms with Crippen LogP contribution in [0.2, 0.25) is 5.02 Å². The predicted octanol–water partition coefficient (Wildman–Crippen LogP) is 3.87. The van der Waals surface area contributed by atoms with E-state index in [1.165, 1.54) is 0 Å². The van der Waals surface area contributed by atoms with Crippen LogP contribution in [-0.4, -0.2) is 61.3 Å².